The van der Waals surface area contributed by atoms with Gasteiger partial charge < -0.3 is 13.3 Å². The Morgan fingerprint density at radius 1 is 1.12 bits per heavy atom. The summed E-state index contributed by atoms with van der Waals surface area (Å²) in [5.41, 5.74) is 1.26. The number of hydrogen-bond donors (Lipinski definition) is 0. The van der Waals surface area contributed by atoms with Gasteiger partial charge in [-0.2, -0.15) is 0 Å². The summed E-state index contributed by atoms with van der Waals surface area (Å²) in [6, 6.07) is 2.15. The lowest BCUT2D eigenvalue weighted by molar-refractivity contribution is 0.00188. The predicted octanol–water partition coefficient (Wildman–Crippen LogP) is 0.581. The van der Waals surface area contributed by atoms with E-state index in [1.807, 2.05) is 0 Å². The molecule has 2 bridgehead atoms. The van der Waals surface area contributed by atoms with Gasteiger partial charge in [-0.1, -0.05) is 0 Å². The maximum atomic E-state index is 6.00. The predicted molar refractivity (Wildman–Crippen MR) is 68.7 cm³/mol. The van der Waals surface area contributed by atoms with E-state index in [2.05, 4.69) is 23.3 Å². The summed E-state index contributed by atoms with van der Waals surface area (Å²) >= 11 is 1.70. The standard InChI is InChI=1S/C11H17NO3SSi/c1-10-8-11(16-9-10)17-13-5-2-12(3-6-14-17)4-7-15-17/h8-9H,2-7H2,1H3. The molecule has 3 fully saturated rings. The fraction of sp³-hybridized carbons (Fsp3) is 0.636. The summed E-state index contributed by atoms with van der Waals surface area (Å²) in [5, 5.41) is 2.14. The van der Waals surface area contributed by atoms with Gasteiger partial charge in [0.25, 0.3) is 0 Å². The molecule has 3 aliphatic rings. The van der Waals surface area contributed by atoms with E-state index in [1.165, 1.54) is 5.56 Å². The van der Waals surface area contributed by atoms with Gasteiger partial charge >= 0.3 is 8.80 Å². The van der Waals surface area contributed by atoms with E-state index < -0.39 is 8.80 Å². The van der Waals surface area contributed by atoms with E-state index in [9.17, 15) is 0 Å². The van der Waals surface area contributed by atoms with Gasteiger partial charge in [0.05, 0.1) is 24.3 Å². The fourth-order valence-corrected chi connectivity index (χ4v) is 6.27. The highest BCUT2D eigenvalue weighted by Gasteiger charge is 2.47. The maximum Gasteiger partial charge on any atom is 0.547 e. The third-order valence-corrected chi connectivity index (χ3v) is 7.60. The number of thiophene rings is 1. The molecule has 0 spiro atoms. The molecule has 4 nitrogen and oxygen atoms in total. The Bertz CT molecular complexity index is 371. The van der Waals surface area contributed by atoms with Crippen molar-refractivity contribution in [2.75, 3.05) is 39.5 Å². The SMILES string of the molecule is Cc1csc([Si]23OCCN(CCO2)CCO3)c1. The lowest BCUT2D eigenvalue weighted by Crippen LogP contribution is -2.61. The number of fused-ring (bicyclic) bond motifs is 6. The average Bonchev–Trinajstić information content (AvgIpc) is 2.63. The van der Waals surface area contributed by atoms with Gasteiger partial charge in [0.1, 0.15) is 0 Å². The van der Waals surface area contributed by atoms with Crippen molar-refractivity contribution in [1.29, 1.82) is 0 Å². The summed E-state index contributed by atoms with van der Waals surface area (Å²) in [5.74, 6) is 0. The topological polar surface area (TPSA) is 30.9 Å². The molecule has 1 aromatic heterocycles. The van der Waals surface area contributed by atoms with Crippen LogP contribution in [0.15, 0.2) is 11.4 Å². The molecule has 3 aliphatic heterocycles. The van der Waals surface area contributed by atoms with E-state index in [1.54, 1.807) is 11.3 Å². The van der Waals surface area contributed by atoms with Gasteiger partial charge in [-0.15, -0.1) is 11.3 Å². The van der Waals surface area contributed by atoms with Crippen LogP contribution in [0.25, 0.3) is 0 Å². The van der Waals surface area contributed by atoms with Gasteiger partial charge in [-0.25, -0.2) is 0 Å². The minimum Gasteiger partial charge on any atom is -0.368 e. The van der Waals surface area contributed by atoms with Crippen LogP contribution in [0.1, 0.15) is 5.56 Å². The van der Waals surface area contributed by atoms with Crippen molar-refractivity contribution >= 4 is 24.6 Å². The van der Waals surface area contributed by atoms with Crippen LogP contribution in [0.5, 0.6) is 0 Å². The van der Waals surface area contributed by atoms with Crippen LogP contribution in [-0.4, -0.2) is 53.2 Å². The summed E-state index contributed by atoms with van der Waals surface area (Å²) in [6.45, 7) is 7.21. The second-order valence-corrected chi connectivity index (χ2v) is 8.22. The van der Waals surface area contributed by atoms with Gasteiger partial charge in [-0.05, 0) is 23.9 Å². The molecule has 3 saturated heterocycles. The first-order valence-electron chi connectivity index (χ1n) is 5.98. The van der Waals surface area contributed by atoms with Crippen molar-refractivity contribution in [2.24, 2.45) is 0 Å². The smallest absolute Gasteiger partial charge is 0.368 e. The molecule has 0 radical (unpaired) electrons. The molecule has 4 rings (SSSR count). The van der Waals surface area contributed by atoms with Crippen molar-refractivity contribution in [1.82, 2.24) is 4.90 Å². The Labute approximate surface area is 106 Å². The van der Waals surface area contributed by atoms with Crippen LogP contribution < -0.4 is 4.50 Å². The first-order valence-corrected chi connectivity index (χ1v) is 8.59. The van der Waals surface area contributed by atoms with E-state index in [4.69, 9.17) is 13.3 Å². The van der Waals surface area contributed by atoms with Gasteiger partial charge in [0.15, 0.2) is 0 Å². The van der Waals surface area contributed by atoms with E-state index in [0.717, 1.165) is 24.1 Å². The van der Waals surface area contributed by atoms with Crippen LogP contribution in [0.2, 0.25) is 0 Å². The molecule has 4 heterocycles. The largest absolute Gasteiger partial charge is 0.547 e. The molecular formula is C11H17NO3SSi. The number of nitrogens with zero attached hydrogens (tertiary/aromatic N) is 1. The highest BCUT2D eigenvalue weighted by Crippen LogP contribution is 2.19. The minimum absolute atomic E-state index is 0.711. The third-order valence-electron chi connectivity index (χ3n) is 3.13. The van der Waals surface area contributed by atoms with E-state index >= 15 is 0 Å². The molecule has 17 heavy (non-hydrogen) atoms. The number of hydrogen-bond acceptors (Lipinski definition) is 5. The van der Waals surface area contributed by atoms with Crippen molar-refractivity contribution in [3.8, 4) is 0 Å². The van der Waals surface area contributed by atoms with Crippen molar-refractivity contribution in [2.45, 2.75) is 6.92 Å². The first kappa shape index (κ1) is 11.8. The zero-order valence-electron chi connectivity index (χ0n) is 9.98. The molecule has 0 aromatic carbocycles. The summed E-state index contributed by atoms with van der Waals surface area (Å²) in [4.78, 5) is 2.33. The molecule has 0 saturated carbocycles. The van der Waals surface area contributed by atoms with Crippen molar-refractivity contribution in [3.05, 3.63) is 17.0 Å². The normalized spacial score (nSPS) is 34.1. The van der Waals surface area contributed by atoms with Gasteiger partial charge in [0.2, 0.25) is 0 Å². The number of aryl methyl sites for hydroxylation is 1. The van der Waals surface area contributed by atoms with Crippen molar-refractivity contribution in [3.63, 3.8) is 0 Å². The Hall–Kier alpha value is -0.243. The molecule has 6 heteroatoms. The Morgan fingerprint density at radius 2 is 1.71 bits per heavy atom. The van der Waals surface area contributed by atoms with Crippen molar-refractivity contribution < 1.29 is 13.3 Å². The number of rotatable bonds is 1. The second-order valence-electron chi connectivity index (χ2n) is 4.43. The van der Waals surface area contributed by atoms with Crippen LogP contribution in [0.4, 0.5) is 0 Å². The highest BCUT2D eigenvalue weighted by atomic mass is 32.1. The van der Waals surface area contributed by atoms with Crippen LogP contribution in [0, 0.1) is 6.92 Å². The van der Waals surface area contributed by atoms with Gasteiger partial charge in [0, 0.05) is 19.6 Å². The fourth-order valence-electron chi connectivity index (χ4n) is 2.19. The molecule has 94 valence electrons. The Balaban J connectivity index is 1.91. The Morgan fingerprint density at radius 3 is 2.18 bits per heavy atom. The minimum atomic E-state index is -2.59. The zero-order chi connectivity index (χ0) is 11.7. The third kappa shape index (κ3) is 2.33. The molecule has 0 unspecified atom stereocenters. The zero-order valence-corrected chi connectivity index (χ0v) is 11.8. The molecular weight excluding hydrogens is 254 g/mol. The van der Waals surface area contributed by atoms with E-state index in [-0.39, 0.29) is 0 Å². The molecule has 0 aliphatic carbocycles. The average molecular weight is 271 g/mol. The molecule has 0 amide bonds. The summed E-state index contributed by atoms with van der Waals surface area (Å²) in [6.07, 6.45) is 0. The van der Waals surface area contributed by atoms with Crippen LogP contribution >= 0.6 is 11.3 Å². The second kappa shape index (κ2) is 4.79. The van der Waals surface area contributed by atoms with E-state index in [0.29, 0.717) is 19.8 Å². The van der Waals surface area contributed by atoms with Gasteiger partial charge in [-0.3, -0.25) is 4.90 Å². The van der Waals surface area contributed by atoms with Crippen LogP contribution in [0.3, 0.4) is 0 Å². The summed E-state index contributed by atoms with van der Waals surface area (Å²) in [7, 11) is -2.59. The highest BCUT2D eigenvalue weighted by molar-refractivity contribution is 7.22. The Kier molecular flexibility index (Phi) is 3.33. The molecule has 1 aromatic rings. The first-order chi connectivity index (χ1) is 8.28. The molecule has 0 atom stereocenters. The molecule has 0 N–H and O–H groups in total. The monoisotopic (exact) mass is 271 g/mol. The lowest BCUT2D eigenvalue weighted by atomic mass is 10.4. The quantitative estimate of drug-likeness (QED) is 0.699. The van der Waals surface area contributed by atoms with Crippen LogP contribution in [-0.2, 0) is 13.3 Å². The summed E-state index contributed by atoms with van der Waals surface area (Å²) < 4.78 is 19.2. The lowest BCUT2D eigenvalue weighted by Gasteiger charge is -2.37. The maximum absolute atomic E-state index is 6.00.